The maximum absolute atomic E-state index is 13.9. The van der Waals surface area contributed by atoms with Crippen LogP contribution < -0.4 is 0 Å². The first-order valence-corrected chi connectivity index (χ1v) is 9.70. The van der Waals surface area contributed by atoms with Crippen molar-refractivity contribution in [2.75, 3.05) is 26.2 Å². The van der Waals surface area contributed by atoms with Gasteiger partial charge >= 0.3 is 0 Å². The van der Waals surface area contributed by atoms with E-state index in [2.05, 4.69) is 4.90 Å². The van der Waals surface area contributed by atoms with Crippen LogP contribution in [0.1, 0.15) is 45.6 Å². The van der Waals surface area contributed by atoms with Gasteiger partial charge in [-0.25, -0.2) is 8.78 Å². The lowest BCUT2D eigenvalue weighted by atomic mass is 9.83. The van der Waals surface area contributed by atoms with Crippen molar-refractivity contribution in [3.8, 4) is 0 Å². The Morgan fingerprint density at radius 2 is 1.73 bits per heavy atom. The van der Waals surface area contributed by atoms with Crippen molar-refractivity contribution in [1.82, 2.24) is 9.80 Å². The molecule has 2 aliphatic rings. The van der Waals surface area contributed by atoms with Crippen LogP contribution >= 0.6 is 0 Å². The summed E-state index contributed by atoms with van der Waals surface area (Å²) in [6.07, 6.45) is 3.23. The van der Waals surface area contributed by atoms with Gasteiger partial charge in [0.2, 0.25) is 5.91 Å². The zero-order valence-electron chi connectivity index (χ0n) is 16.1. The predicted octanol–water partition coefficient (Wildman–Crippen LogP) is 4.07. The third-order valence-electron chi connectivity index (χ3n) is 5.88. The van der Waals surface area contributed by atoms with Gasteiger partial charge in [-0.2, -0.15) is 0 Å². The first kappa shape index (κ1) is 19.3. The van der Waals surface area contributed by atoms with Crippen LogP contribution in [0.4, 0.5) is 8.78 Å². The molecule has 1 aromatic rings. The number of amides is 1. The number of carbonyl (C=O) groups is 1. The molecule has 0 spiro atoms. The van der Waals surface area contributed by atoms with Crippen LogP contribution in [0, 0.1) is 28.9 Å². The van der Waals surface area contributed by atoms with Gasteiger partial charge in [0.25, 0.3) is 0 Å². The zero-order valence-corrected chi connectivity index (χ0v) is 16.1. The second-order valence-electron chi connectivity index (χ2n) is 8.88. The average molecular weight is 364 g/mol. The highest BCUT2D eigenvalue weighted by atomic mass is 19.2. The molecule has 3 nitrogen and oxygen atoms in total. The van der Waals surface area contributed by atoms with Crippen molar-refractivity contribution >= 4 is 5.91 Å². The van der Waals surface area contributed by atoms with Gasteiger partial charge in [-0.05, 0) is 50.3 Å². The van der Waals surface area contributed by atoms with Crippen LogP contribution in [0.2, 0.25) is 0 Å². The first-order chi connectivity index (χ1) is 12.3. The Kier molecular flexibility index (Phi) is 5.66. The second-order valence-corrected chi connectivity index (χ2v) is 8.88. The van der Waals surface area contributed by atoms with Gasteiger partial charge in [0.15, 0.2) is 11.6 Å². The monoisotopic (exact) mass is 364 g/mol. The number of likely N-dealkylation sites (tertiary alicyclic amines) is 2. The van der Waals surface area contributed by atoms with E-state index < -0.39 is 11.6 Å². The summed E-state index contributed by atoms with van der Waals surface area (Å²) in [5.41, 5.74) is 0.124. The second kappa shape index (κ2) is 7.63. The molecule has 1 atom stereocenters. The molecule has 0 aliphatic carbocycles. The van der Waals surface area contributed by atoms with E-state index >= 15 is 0 Å². The van der Waals surface area contributed by atoms with Gasteiger partial charge < -0.3 is 4.90 Å². The molecule has 0 radical (unpaired) electrons. The van der Waals surface area contributed by atoms with E-state index in [1.807, 2.05) is 25.7 Å². The lowest BCUT2D eigenvalue weighted by Crippen LogP contribution is -2.39. The minimum absolute atomic E-state index is 0.249. The van der Waals surface area contributed by atoms with Gasteiger partial charge in [-0.3, -0.25) is 9.69 Å². The number of halogens is 2. The normalized spacial score (nSPS) is 22.8. The van der Waals surface area contributed by atoms with Gasteiger partial charge in [0.1, 0.15) is 0 Å². The van der Waals surface area contributed by atoms with E-state index in [0.29, 0.717) is 23.9 Å². The fourth-order valence-electron chi connectivity index (χ4n) is 4.32. The molecular weight excluding hydrogens is 334 g/mol. The van der Waals surface area contributed by atoms with Crippen LogP contribution in [0.3, 0.4) is 0 Å². The fourth-order valence-corrected chi connectivity index (χ4v) is 4.32. The Morgan fingerprint density at radius 3 is 2.38 bits per heavy atom. The topological polar surface area (TPSA) is 23.6 Å². The van der Waals surface area contributed by atoms with Crippen molar-refractivity contribution < 1.29 is 13.6 Å². The molecule has 0 N–H and O–H groups in total. The molecule has 0 bridgehead atoms. The Hall–Kier alpha value is -1.49. The van der Waals surface area contributed by atoms with Gasteiger partial charge in [0, 0.05) is 30.6 Å². The van der Waals surface area contributed by atoms with Crippen LogP contribution in [-0.2, 0) is 11.3 Å². The molecule has 0 aromatic heterocycles. The highest BCUT2D eigenvalue weighted by molar-refractivity contribution is 5.81. The molecule has 1 amide bonds. The zero-order chi connectivity index (χ0) is 18.9. The highest BCUT2D eigenvalue weighted by Crippen LogP contribution is 2.34. The quantitative estimate of drug-likeness (QED) is 0.807. The molecule has 26 heavy (non-hydrogen) atoms. The number of carbonyl (C=O) groups excluding carboxylic acids is 1. The highest BCUT2D eigenvalue weighted by Gasteiger charge is 2.36. The van der Waals surface area contributed by atoms with Crippen LogP contribution in [0.25, 0.3) is 0 Å². The van der Waals surface area contributed by atoms with Crippen molar-refractivity contribution in [3.05, 3.63) is 35.4 Å². The maximum Gasteiger partial charge on any atom is 0.227 e. The molecule has 144 valence electrons. The maximum atomic E-state index is 13.9. The summed E-state index contributed by atoms with van der Waals surface area (Å²) in [7, 11) is 0. The molecule has 2 heterocycles. The van der Waals surface area contributed by atoms with Crippen LogP contribution in [0.15, 0.2) is 18.2 Å². The van der Waals surface area contributed by atoms with Crippen LogP contribution in [0.5, 0.6) is 0 Å². The fraction of sp³-hybridized carbons (Fsp3) is 0.667. The number of hydrogen-bond donors (Lipinski definition) is 0. The molecule has 2 saturated heterocycles. The first-order valence-electron chi connectivity index (χ1n) is 9.70. The van der Waals surface area contributed by atoms with Crippen molar-refractivity contribution in [3.63, 3.8) is 0 Å². The standard InChI is InChI=1S/C21H30F2N2O/c1-21(2,3)20(26)25-12-9-16(14-25)15-7-10-24(11-8-15)13-17-5-4-6-18(22)19(17)23/h4-6,15-16H,7-14H2,1-3H3. The summed E-state index contributed by atoms with van der Waals surface area (Å²) in [6.45, 7) is 9.96. The Balaban J connectivity index is 1.50. The third-order valence-corrected chi connectivity index (χ3v) is 5.88. The molecule has 1 unspecified atom stereocenters. The third kappa shape index (κ3) is 4.25. The minimum atomic E-state index is -0.771. The van der Waals surface area contributed by atoms with E-state index in [1.54, 1.807) is 12.1 Å². The molecule has 5 heteroatoms. The SMILES string of the molecule is CC(C)(C)C(=O)N1CCC(C2CCN(Cc3cccc(F)c3F)CC2)C1. The predicted molar refractivity (Wildman–Crippen MR) is 98.5 cm³/mol. The van der Waals surface area contributed by atoms with E-state index in [-0.39, 0.29) is 11.3 Å². The van der Waals surface area contributed by atoms with Gasteiger partial charge in [0.05, 0.1) is 0 Å². The van der Waals surface area contributed by atoms with E-state index in [4.69, 9.17) is 0 Å². The summed E-state index contributed by atoms with van der Waals surface area (Å²) >= 11 is 0. The molecule has 1 aromatic carbocycles. The number of nitrogens with zero attached hydrogens (tertiary/aromatic N) is 2. The Morgan fingerprint density at radius 1 is 1.08 bits per heavy atom. The number of rotatable bonds is 3. The average Bonchev–Trinajstić information content (AvgIpc) is 3.08. The summed E-state index contributed by atoms with van der Waals surface area (Å²) < 4.78 is 27.2. The molecule has 2 aliphatic heterocycles. The van der Waals surface area contributed by atoms with Crippen molar-refractivity contribution in [2.45, 2.75) is 46.6 Å². The van der Waals surface area contributed by atoms with Gasteiger partial charge in [-0.1, -0.05) is 32.9 Å². The number of benzene rings is 1. The van der Waals surface area contributed by atoms with E-state index in [1.165, 1.54) is 0 Å². The molecule has 0 saturated carbocycles. The summed E-state index contributed by atoms with van der Waals surface area (Å²) in [6, 6.07) is 4.40. The van der Waals surface area contributed by atoms with E-state index in [0.717, 1.165) is 51.5 Å². The Labute approximate surface area is 155 Å². The molecular formula is C21H30F2N2O. The van der Waals surface area contributed by atoms with E-state index in [9.17, 15) is 13.6 Å². The molecule has 3 rings (SSSR count). The molecule has 2 fully saturated rings. The summed E-state index contributed by atoms with van der Waals surface area (Å²) in [4.78, 5) is 16.7. The van der Waals surface area contributed by atoms with Crippen molar-refractivity contribution in [1.29, 1.82) is 0 Å². The lowest BCUT2D eigenvalue weighted by molar-refractivity contribution is -0.138. The lowest BCUT2D eigenvalue weighted by Gasteiger charge is -2.35. The number of hydrogen-bond acceptors (Lipinski definition) is 2. The minimum Gasteiger partial charge on any atom is -0.342 e. The summed E-state index contributed by atoms with van der Waals surface area (Å²) in [5.74, 6) is -0.0385. The Bertz CT molecular complexity index is 648. The van der Waals surface area contributed by atoms with Gasteiger partial charge in [-0.15, -0.1) is 0 Å². The summed E-state index contributed by atoms with van der Waals surface area (Å²) in [5, 5.41) is 0. The smallest absolute Gasteiger partial charge is 0.227 e. The largest absolute Gasteiger partial charge is 0.342 e. The van der Waals surface area contributed by atoms with Crippen molar-refractivity contribution in [2.24, 2.45) is 17.3 Å². The van der Waals surface area contributed by atoms with Crippen LogP contribution in [-0.4, -0.2) is 41.9 Å². The number of piperidine rings is 1.